The topological polar surface area (TPSA) is 49.4 Å². The van der Waals surface area contributed by atoms with E-state index in [9.17, 15) is 9.59 Å². The standard InChI is InChI=1S/C23H30N2O2/c1-5-21(23(27)24-4)25(16-20-12-8-18(3)9-13-20)22(26)15-14-19-10-6-17(2)7-11-19/h6-13,21H,5,14-16H2,1-4H3,(H,24,27)/t21-/m0/s1. The zero-order chi connectivity index (χ0) is 19.8. The molecular weight excluding hydrogens is 336 g/mol. The van der Waals surface area contributed by atoms with Gasteiger partial charge in [0.25, 0.3) is 0 Å². The molecule has 2 amide bonds. The Kier molecular flexibility index (Phi) is 7.59. The van der Waals surface area contributed by atoms with Gasteiger partial charge in [-0.2, -0.15) is 0 Å². The lowest BCUT2D eigenvalue weighted by Gasteiger charge is -2.30. The van der Waals surface area contributed by atoms with Gasteiger partial charge >= 0.3 is 0 Å². The number of nitrogens with one attached hydrogen (secondary N) is 1. The highest BCUT2D eigenvalue weighted by Gasteiger charge is 2.27. The normalized spacial score (nSPS) is 11.7. The number of hydrogen-bond donors (Lipinski definition) is 1. The first-order valence-corrected chi connectivity index (χ1v) is 9.56. The number of carbonyl (C=O) groups excluding carboxylic acids is 2. The van der Waals surface area contributed by atoms with Gasteiger partial charge in [0.1, 0.15) is 6.04 Å². The summed E-state index contributed by atoms with van der Waals surface area (Å²) in [7, 11) is 1.62. The van der Waals surface area contributed by atoms with Crippen LogP contribution in [0.4, 0.5) is 0 Å². The van der Waals surface area contributed by atoms with Gasteiger partial charge < -0.3 is 10.2 Å². The number of rotatable bonds is 8. The maximum Gasteiger partial charge on any atom is 0.242 e. The van der Waals surface area contributed by atoms with Gasteiger partial charge in [-0.1, -0.05) is 66.6 Å². The Morgan fingerprint density at radius 3 is 1.93 bits per heavy atom. The maximum atomic E-state index is 13.0. The van der Waals surface area contributed by atoms with E-state index in [0.29, 0.717) is 25.8 Å². The van der Waals surface area contributed by atoms with E-state index in [4.69, 9.17) is 0 Å². The quantitative estimate of drug-likeness (QED) is 0.773. The number of benzene rings is 2. The van der Waals surface area contributed by atoms with E-state index < -0.39 is 6.04 Å². The van der Waals surface area contributed by atoms with Crippen molar-refractivity contribution in [2.24, 2.45) is 0 Å². The van der Waals surface area contributed by atoms with Crippen molar-refractivity contribution in [3.8, 4) is 0 Å². The summed E-state index contributed by atoms with van der Waals surface area (Å²) >= 11 is 0. The number of carbonyl (C=O) groups is 2. The third-order valence-electron chi connectivity index (χ3n) is 4.85. The van der Waals surface area contributed by atoms with Crippen LogP contribution in [0.1, 0.15) is 42.0 Å². The van der Waals surface area contributed by atoms with Crippen molar-refractivity contribution >= 4 is 11.8 Å². The first-order chi connectivity index (χ1) is 12.9. The van der Waals surface area contributed by atoms with Crippen LogP contribution in [0, 0.1) is 13.8 Å². The highest BCUT2D eigenvalue weighted by Crippen LogP contribution is 2.16. The fourth-order valence-corrected chi connectivity index (χ4v) is 3.13. The van der Waals surface area contributed by atoms with E-state index in [-0.39, 0.29) is 11.8 Å². The van der Waals surface area contributed by atoms with Crippen LogP contribution in [-0.4, -0.2) is 29.8 Å². The maximum absolute atomic E-state index is 13.0. The number of aryl methyl sites for hydroxylation is 3. The molecule has 0 aromatic heterocycles. The molecule has 0 fully saturated rings. The van der Waals surface area contributed by atoms with Gasteiger partial charge in [0.05, 0.1) is 0 Å². The predicted octanol–water partition coefficient (Wildman–Crippen LogP) is 3.79. The van der Waals surface area contributed by atoms with Crippen molar-refractivity contribution < 1.29 is 9.59 Å². The monoisotopic (exact) mass is 366 g/mol. The highest BCUT2D eigenvalue weighted by atomic mass is 16.2. The third kappa shape index (κ3) is 5.95. The Balaban J connectivity index is 2.15. The lowest BCUT2D eigenvalue weighted by Crippen LogP contribution is -2.48. The third-order valence-corrected chi connectivity index (χ3v) is 4.85. The molecule has 2 aromatic carbocycles. The molecule has 0 aliphatic heterocycles. The molecule has 144 valence electrons. The summed E-state index contributed by atoms with van der Waals surface area (Å²) in [6.07, 6.45) is 1.65. The number of amides is 2. The molecule has 0 unspecified atom stereocenters. The number of likely N-dealkylation sites (N-methyl/N-ethyl adjacent to an activating group) is 1. The fraction of sp³-hybridized carbons (Fsp3) is 0.391. The van der Waals surface area contributed by atoms with E-state index in [1.54, 1.807) is 11.9 Å². The molecule has 27 heavy (non-hydrogen) atoms. The fourth-order valence-electron chi connectivity index (χ4n) is 3.13. The molecule has 4 heteroatoms. The Labute approximate surface area is 162 Å². The summed E-state index contributed by atoms with van der Waals surface area (Å²) in [4.78, 5) is 27.1. The summed E-state index contributed by atoms with van der Waals surface area (Å²) in [5.41, 5.74) is 4.55. The van der Waals surface area contributed by atoms with Crippen LogP contribution in [0.2, 0.25) is 0 Å². The lowest BCUT2D eigenvalue weighted by atomic mass is 10.0. The minimum Gasteiger partial charge on any atom is -0.357 e. The van der Waals surface area contributed by atoms with E-state index in [0.717, 1.165) is 11.1 Å². The summed E-state index contributed by atoms with van der Waals surface area (Å²) < 4.78 is 0. The molecular formula is C23H30N2O2. The van der Waals surface area contributed by atoms with E-state index in [2.05, 4.69) is 29.6 Å². The Morgan fingerprint density at radius 1 is 0.926 bits per heavy atom. The van der Waals surface area contributed by atoms with Crippen molar-refractivity contribution in [1.82, 2.24) is 10.2 Å². The molecule has 0 saturated heterocycles. The molecule has 0 saturated carbocycles. The summed E-state index contributed by atoms with van der Waals surface area (Å²) in [6.45, 7) is 6.47. The predicted molar refractivity (Wildman–Crippen MR) is 109 cm³/mol. The molecule has 0 aliphatic carbocycles. The van der Waals surface area contributed by atoms with Gasteiger partial charge in [-0.05, 0) is 37.8 Å². The van der Waals surface area contributed by atoms with Crippen molar-refractivity contribution in [1.29, 1.82) is 0 Å². The molecule has 0 bridgehead atoms. The summed E-state index contributed by atoms with van der Waals surface area (Å²) in [6, 6.07) is 15.9. The average molecular weight is 367 g/mol. The lowest BCUT2D eigenvalue weighted by molar-refractivity contribution is -0.141. The summed E-state index contributed by atoms with van der Waals surface area (Å²) in [5.74, 6) is -0.111. The van der Waals surface area contributed by atoms with Crippen molar-refractivity contribution in [3.05, 3.63) is 70.8 Å². The second-order valence-electron chi connectivity index (χ2n) is 7.03. The van der Waals surface area contributed by atoms with Gasteiger partial charge in [-0.3, -0.25) is 9.59 Å². The van der Waals surface area contributed by atoms with Gasteiger partial charge in [0, 0.05) is 20.0 Å². The molecule has 0 heterocycles. The van der Waals surface area contributed by atoms with Crippen LogP contribution in [0.25, 0.3) is 0 Å². The Morgan fingerprint density at radius 2 is 1.44 bits per heavy atom. The Bertz CT molecular complexity index is 751. The molecule has 1 N–H and O–H groups in total. The molecule has 0 radical (unpaired) electrons. The van der Waals surface area contributed by atoms with Crippen LogP contribution in [0.3, 0.4) is 0 Å². The van der Waals surface area contributed by atoms with Gasteiger partial charge in [-0.25, -0.2) is 0 Å². The molecule has 2 aromatic rings. The first-order valence-electron chi connectivity index (χ1n) is 9.56. The molecule has 0 aliphatic rings. The van der Waals surface area contributed by atoms with Crippen LogP contribution >= 0.6 is 0 Å². The smallest absolute Gasteiger partial charge is 0.242 e. The molecule has 0 spiro atoms. The van der Waals surface area contributed by atoms with E-state index >= 15 is 0 Å². The Hall–Kier alpha value is -2.62. The van der Waals surface area contributed by atoms with E-state index in [1.807, 2.05) is 45.0 Å². The highest BCUT2D eigenvalue weighted by molar-refractivity contribution is 5.87. The zero-order valence-corrected chi connectivity index (χ0v) is 16.8. The second-order valence-corrected chi connectivity index (χ2v) is 7.03. The van der Waals surface area contributed by atoms with Crippen LogP contribution in [0.5, 0.6) is 0 Å². The SMILES string of the molecule is CC[C@@H](C(=O)NC)N(Cc1ccc(C)cc1)C(=O)CCc1ccc(C)cc1. The summed E-state index contributed by atoms with van der Waals surface area (Å²) in [5, 5.41) is 2.69. The van der Waals surface area contributed by atoms with Crippen LogP contribution in [0.15, 0.2) is 48.5 Å². The van der Waals surface area contributed by atoms with Crippen molar-refractivity contribution in [2.45, 2.75) is 52.6 Å². The number of nitrogens with zero attached hydrogens (tertiary/aromatic N) is 1. The molecule has 2 rings (SSSR count). The van der Waals surface area contributed by atoms with E-state index in [1.165, 1.54) is 11.1 Å². The largest absolute Gasteiger partial charge is 0.357 e. The molecule has 4 nitrogen and oxygen atoms in total. The minimum atomic E-state index is -0.457. The minimum absolute atomic E-state index is 0.00611. The van der Waals surface area contributed by atoms with Crippen molar-refractivity contribution in [2.75, 3.05) is 7.05 Å². The van der Waals surface area contributed by atoms with Gasteiger partial charge in [0.2, 0.25) is 11.8 Å². The first kappa shape index (κ1) is 20.7. The average Bonchev–Trinajstić information content (AvgIpc) is 2.68. The van der Waals surface area contributed by atoms with Crippen LogP contribution in [-0.2, 0) is 22.6 Å². The molecule has 1 atom stereocenters. The second kappa shape index (κ2) is 9.91. The van der Waals surface area contributed by atoms with Gasteiger partial charge in [0.15, 0.2) is 0 Å². The number of hydrogen-bond acceptors (Lipinski definition) is 2. The zero-order valence-electron chi connectivity index (χ0n) is 16.8. The van der Waals surface area contributed by atoms with Gasteiger partial charge in [-0.15, -0.1) is 0 Å². The van der Waals surface area contributed by atoms with Crippen molar-refractivity contribution in [3.63, 3.8) is 0 Å². The van der Waals surface area contributed by atoms with Crippen LogP contribution < -0.4 is 5.32 Å².